The third-order valence-corrected chi connectivity index (χ3v) is 3.96. The lowest BCUT2D eigenvalue weighted by atomic mass is 10.2. The van der Waals surface area contributed by atoms with E-state index in [4.69, 9.17) is 10.5 Å². The number of benzene rings is 1. The van der Waals surface area contributed by atoms with Crippen LogP contribution in [-0.2, 0) is 6.54 Å². The molecule has 1 saturated heterocycles. The topological polar surface area (TPSA) is 41.7 Å². The number of rotatable bonds is 7. The Morgan fingerprint density at radius 1 is 1.00 bits per heavy atom. The minimum atomic E-state index is 0.817. The molecule has 0 aliphatic carbocycles. The van der Waals surface area contributed by atoms with Crippen LogP contribution >= 0.6 is 0 Å². The molecule has 0 unspecified atom stereocenters. The summed E-state index contributed by atoms with van der Waals surface area (Å²) in [5.74, 6) is 0.929. The molecule has 0 amide bonds. The number of nitrogens with zero attached hydrogens (tertiary/aromatic N) is 2. The number of methoxy groups -OCH3 is 1. The Morgan fingerprint density at radius 3 is 2.25 bits per heavy atom. The summed E-state index contributed by atoms with van der Waals surface area (Å²) in [6.45, 7) is 7.75. The van der Waals surface area contributed by atoms with Crippen LogP contribution in [-0.4, -0.2) is 56.2 Å². The Bertz CT molecular complexity index is 372. The van der Waals surface area contributed by atoms with Crippen LogP contribution in [0.5, 0.6) is 5.75 Å². The summed E-state index contributed by atoms with van der Waals surface area (Å²) in [5.41, 5.74) is 6.90. The maximum absolute atomic E-state index is 5.54. The molecule has 20 heavy (non-hydrogen) atoms. The highest BCUT2D eigenvalue weighted by molar-refractivity contribution is 5.27. The van der Waals surface area contributed by atoms with Gasteiger partial charge in [-0.15, -0.1) is 0 Å². The molecule has 0 bridgehead atoms. The van der Waals surface area contributed by atoms with Gasteiger partial charge >= 0.3 is 0 Å². The molecule has 0 spiro atoms. The van der Waals surface area contributed by atoms with Crippen molar-refractivity contribution in [2.75, 3.05) is 46.4 Å². The Morgan fingerprint density at radius 2 is 1.65 bits per heavy atom. The maximum atomic E-state index is 5.54. The van der Waals surface area contributed by atoms with E-state index in [1.54, 1.807) is 7.11 Å². The molecule has 2 rings (SSSR count). The molecular weight excluding hydrogens is 250 g/mol. The highest BCUT2D eigenvalue weighted by atomic mass is 16.5. The fourth-order valence-electron chi connectivity index (χ4n) is 2.64. The van der Waals surface area contributed by atoms with Gasteiger partial charge in [-0.05, 0) is 43.6 Å². The van der Waals surface area contributed by atoms with Crippen molar-refractivity contribution >= 4 is 0 Å². The number of nitrogens with two attached hydrogens (primary N) is 1. The number of ether oxygens (including phenoxy) is 1. The maximum Gasteiger partial charge on any atom is 0.118 e. The van der Waals surface area contributed by atoms with Gasteiger partial charge in [-0.2, -0.15) is 0 Å². The van der Waals surface area contributed by atoms with Gasteiger partial charge in [-0.25, -0.2) is 0 Å². The van der Waals surface area contributed by atoms with E-state index in [0.717, 1.165) is 38.3 Å². The van der Waals surface area contributed by atoms with Crippen molar-refractivity contribution in [1.29, 1.82) is 0 Å². The summed E-state index contributed by atoms with van der Waals surface area (Å²) < 4.78 is 5.19. The average Bonchev–Trinajstić information content (AvgIpc) is 2.50. The van der Waals surface area contributed by atoms with Crippen LogP contribution in [0.25, 0.3) is 0 Å². The van der Waals surface area contributed by atoms with Gasteiger partial charge < -0.3 is 15.4 Å². The molecule has 0 radical (unpaired) electrons. The van der Waals surface area contributed by atoms with Gasteiger partial charge in [0.05, 0.1) is 7.11 Å². The minimum Gasteiger partial charge on any atom is -0.497 e. The molecule has 4 heteroatoms. The zero-order valence-corrected chi connectivity index (χ0v) is 12.6. The van der Waals surface area contributed by atoms with Crippen LogP contribution in [0, 0.1) is 0 Å². The molecule has 0 atom stereocenters. The molecule has 0 aromatic heterocycles. The fourth-order valence-corrected chi connectivity index (χ4v) is 2.64. The van der Waals surface area contributed by atoms with E-state index < -0.39 is 0 Å². The van der Waals surface area contributed by atoms with Crippen molar-refractivity contribution in [2.24, 2.45) is 5.73 Å². The van der Waals surface area contributed by atoms with Gasteiger partial charge in [0.15, 0.2) is 0 Å². The zero-order valence-electron chi connectivity index (χ0n) is 12.6. The van der Waals surface area contributed by atoms with E-state index in [0.29, 0.717) is 0 Å². The van der Waals surface area contributed by atoms with Crippen molar-refractivity contribution in [3.05, 3.63) is 29.8 Å². The predicted octanol–water partition coefficient (Wildman–Crippen LogP) is 1.55. The standard InChI is InChI=1S/C16H27N3O/c1-20-16-6-4-15(5-7-16)14-19-12-10-18(11-13-19)9-3-2-8-17/h4-7H,2-3,8-14,17H2,1H3. The summed E-state index contributed by atoms with van der Waals surface area (Å²) in [6.07, 6.45) is 2.38. The SMILES string of the molecule is COc1ccc(CN2CCN(CCCCN)CC2)cc1. The third-order valence-electron chi connectivity index (χ3n) is 3.96. The normalized spacial score (nSPS) is 17.3. The van der Waals surface area contributed by atoms with Crippen LogP contribution in [0.15, 0.2) is 24.3 Å². The Labute approximate surface area is 122 Å². The van der Waals surface area contributed by atoms with Gasteiger partial charge in [0.2, 0.25) is 0 Å². The predicted molar refractivity (Wildman–Crippen MR) is 83.0 cm³/mol. The Balaban J connectivity index is 1.70. The van der Waals surface area contributed by atoms with Gasteiger partial charge in [0.1, 0.15) is 5.75 Å². The van der Waals surface area contributed by atoms with Gasteiger partial charge in [0.25, 0.3) is 0 Å². The Hall–Kier alpha value is -1.10. The summed E-state index contributed by atoms with van der Waals surface area (Å²) in [4.78, 5) is 5.08. The molecule has 1 fully saturated rings. The quantitative estimate of drug-likeness (QED) is 0.768. The first-order valence-electron chi connectivity index (χ1n) is 7.59. The highest BCUT2D eigenvalue weighted by Gasteiger charge is 2.16. The van der Waals surface area contributed by atoms with E-state index in [1.165, 1.54) is 31.6 Å². The number of piperazine rings is 1. The first-order chi connectivity index (χ1) is 9.81. The van der Waals surface area contributed by atoms with E-state index in [2.05, 4.69) is 21.9 Å². The molecular formula is C16H27N3O. The van der Waals surface area contributed by atoms with Crippen molar-refractivity contribution < 1.29 is 4.74 Å². The van der Waals surface area contributed by atoms with Crippen molar-refractivity contribution in [3.8, 4) is 5.75 Å². The van der Waals surface area contributed by atoms with Crippen LogP contribution in [0.4, 0.5) is 0 Å². The van der Waals surface area contributed by atoms with E-state index in [1.807, 2.05) is 12.1 Å². The van der Waals surface area contributed by atoms with E-state index in [-0.39, 0.29) is 0 Å². The lowest BCUT2D eigenvalue weighted by Gasteiger charge is -2.34. The van der Waals surface area contributed by atoms with Crippen molar-refractivity contribution in [3.63, 3.8) is 0 Å². The van der Waals surface area contributed by atoms with Crippen molar-refractivity contribution in [2.45, 2.75) is 19.4 Å². The second-order valence-corrected chi connectivity index (χ2v) is 5.46. The molecule has 1 aliphatic rings. The van der Waals surface area contributed by atoms with E-state index >= 15 is 0 Å². The van der Waals surface area contributed by atoms with Gasteiger partial charge in [-0.3, -0.25) is 4.90 Å². The third kappa shape index (κ3) is 4.78. The molecule has 0 saturated carbocycles. The summed E-state index contributed by atoms with van der Waals surface area (Å²) >= 11 is 0. The Kier molecular flexibility index (Phi) is 6.30. The smallest absolute Gasteiger partial charge is 0.118 e. The first kappa shape index (κ1) is 15.3. The molecule has 112 valence electrons. The minimum absolute atomic E-state index is 0.817. The first-order valence-corrected chi connectivity index (χ1v) is 7.59. The number of hydrogen-bond donors (Lipinski definition) is 1. The highest BCUT2D eigenvalue weighted by Crippen LogP contribution is 2.14. The van der Waals surface area contributed by atoms with E-state index in [9.17, 15) is 0 Å². The molecule has 1 aliphatic heterocycles. The van der Waals surface area contributed by atoms with Crippen LogP contribution in [0.1, 0.15) is 18.4 Å². The number of unbranched alkanes of at least 4 members (excludes halogenated alkanes) is 1. The monoisotopic (exact) mass is 277 g/mol. The molecule has 1 aromatic rings. The summed E-state index contributed by atoms with van der Waals surface area (Å²) in [5, 5.41) is 0. The lowest BCUT2D eigenvalue weighted by Crippen LogP contribution is -2.46. The summed E-state index contributed by atoms with van der Waals surface area (Å²) in [6, 6.07) is 8.40. The average molecular weight is 277 g/mol. The second-order valence-electron chi connectivity index (χ2n) is 5.46. The number of hydrogen-bond acceptors (Lipinski definition) is 4. The van der Waals surface area contributed by atoms with Crippen molar-refractivity contribution in [1.82, 2.24) is 9.80 Å². The second kappa shape index (κ2) is 8.25. The van der Waals surface area contributed by atoms with Crippen LogP contribution in [0.2, 0.25) is 0 Å². The molecule has 1 heterocycles. The summed E-state index contributed by atoms with van der Waals surface area (Å²) in [7, 11) is 1.71. The van der Waals surface area contributed by atoms with Gasteiger partial charge in [-0.1, -0.05) is 12.1 Å². The van der Waals surface area contributed by atoms with Crippen LogP contribution in [0.3, 0.4) is 0 Å². The van der Waals surface area contributed by atoms with Gasteiger partial charge in [0, 0.05) is 32.7 Å². The molecule has 1 aromatic carbocycles. The largest absolute Gasteiger partial charge is 0.497 e. The fraction of sp³-hybridized carbons (Fsp3) is 0.625. The molecule has 4 nitrogen and oxygen atoms in total. The lowest BCUT2D eigenvalue weighted by molar-refractivity contribution is 0.126. The van der Waals surface area contributed by atoms with Crippen LogP contribution < -0.4 is 10.5 Å². The molecule has 2 N–H and O–H groups in total. The zero-order chi connectivity index (χ0) is 14.2.